The second-order valence-corrected chi connectivity index (χ2v) is 3.89. The van der Waals surface area contributed by atoms with Gasteiger partial charge in [0, 0.05) is 4.90 Å². The van der Waals surface area contributed by atoms with Crippen LogP contribution in [0.5, 0.6) is 0 Å². The van der Waals surface area contributed by atoms with E-state index in [1.807, 2.05) is 6.26 Å². The maximum absolute atomic E-state index is 10.5. The van der Waals surface area contributed by atoms with Gasteiger partial charge in [-0.3, -0.25) is 10.1 Å². The molecular formula is C7H5Cl2NO2S. The lowest BCUT2D eigenvalue weighted by atomic mass is 10.3. The molecule has 6 heteroatoms. The third-order valence-electron chi connectivity index (χ3n) is 1.41. The van der Waals surface area contributed by atoms with E-state index in [1.54, 1.807) is 0 Å². The van der Waals surface area contributed by atoms with E-state index in [0.717, 1.165) is 4.90 Å². The van der Waals surface area contributed by atoms with Gasteiger partial charge in [0.25, 0.3) is 0 Å². The summed E-state index contributed by atoms with van der Waals surface area (Å²) in [5.41, 5.74) is -0.235. The van der Waals surface area contributed by atoms with Crippen LogP contribution in [0, 0.1) is 10.1 Å². The van der Waals surface area contributed by atoms with E-state index in [4.69, 9.17) is 23.2 Å². The molecule has 0 amide bonds. The molecule has 13 heavy (non-hydrogen) atoms. The molecule has 0 aliphatic heterocycles. The molecule has 0 N–H and O–H groups in total. The number of nitro benzene ring substituents is 1. The largest absolute Gasteiger partial charge is 0.306 e. The summed E-state index contributed by atoms with van der Waals surface area (Å²) in [6, 6.07) is 3.05. The van der Waals surface area contributed by atoms with Gasteiger partial charge in [0.1, 0.15) is 10.0 Å². The number of rotatable bonds is 2. The first-order valence-electron chi connectivity index (χ1n) is 3.23. The maximum atomic E-state index is 10.5. The zero-order valence-electron chi connectivity index (χ0n) is 6.58. The normalized spacial score (nSPS) is 10.1. The van der Waals surface area contributed by atoms with Crippen LogP contribution < -0.4 is 0 Å². The van der Waals surface area contributed by atoms with Crippen LogP contribution >= 0.6 is 35.0 Å². The number of nitro groups is 1. The molecule has 3 nitrogen and oxygen atoms in total. The molecule has 0 spiro atoms. The predicted molar refractivity (Wildman–Crippen MR) is 54.9 cm³/mol. The van der Waals surface area contributed by atoms with Crippen molar-refractivity contribution >= 4 is 40.7 Å². The first-order valence-corrected chi connectivity index (χ1v) is 5.21. The molecule has 0 fully saturated rings. The van der Waals surface area contributed by atoms with Gasteiger partial charge in [-0.1, -0.05) is 23.2 Å². The summed E-state index contributed by atoms with van der Waals surface area (Å²) >= 11 is 12.8. The lowest BCUT2D eigenvalue weighted by Crippen LogP contribution is -1.90. The minimum absolute atomic E-state index is 0.0712. The van der Waals surface area contributed by atoms with Crippen LogP contribution in [0.2, 0.25) is 10.0 Å². The van der Waals surface area contributed by atoms with Gasteiger partial charge in [-0.05, 0) is 18.4 Å². The van der Waals surface area contributed by atoms with E-state index in [-0.39, 0.29) is 15.7 Å². The summed E-state index contributed by atoms with van der Waals surface area (Å²) in [4.78, 5) is 10.7. The number of benzene rings is 1. The summed E-state index contributed by atoms with van der Waals surface area (Å²) < 4.78 is 0. The van der Waals surface area contributed by atoms with E-state index >= 15 is 0 Å². The van der Waals surface area contributed by atoms with Gasteiger partial charge >= 0.3 is 5.69 Å². The van der Waals surface area contributed by atoms with Crippen molar-refractivity contribution in [3.8, 4) is 0 Å². The Morgan fingerprint density at radius 2 is 1.85 bits per heavy atom. The van der Waals surface area contributed by atoms with Crippen LogP contribution in [-0.2, 0) is 0 Å². The van der Waals surface area contributed by atoms with E-state index in [2.05, 4.69) is 0 Å². The molecule has 0 radical (unpaired) electrons. The Bertz CT molecular complexity index is 333. The second-order valence-electron chi connectivity index (χ2n) is 2.20. The van der Waals surface area contributed by atoms with Gasteiger partial charge in [-0.2, -0.15) is 0 Å². The van der Waals surface area contributed by atoms with Crippen LogP contribution in [0.3, 0.4) is 0 Å². The Hall–Kier alpha value is -0.450. The van der Waals surface area contributed by atoms with Crippen molar-refractivity contribution in [2.24, 2.45) is 0 Å². The van der Waals surface area contributed by atoms with Gasteiger partial charge in [-0.15, -0.1) is 11.8 Å². The first kappa shape index (κ1) is 10.6. The third kappa shape index (κ3) is 2.27. The maximum Gasteiger partial charge on any atom is 0.306 e. The number of nitrogens with zero attached hydrogens (tertiary/aromatic N) is 1. The number of halogens is 2. The number of hydrogen-bond donors (Lipinski definition) is 0. The van der Waals surface area contributed by atoms with Crippen LogP contribution in [0.4, 0.5) is 5.69 Å². The Morgan fingerprint density at radius 3 is 2.15 bits per heavy atom. The van der Waals surface area contributed by atoms with Crippen molar-refractivity contribution in [2.45, 2.75) is 4.90 Å². The van der Waals surface area contributed by atoms with Crippen molar-refractivity contribution < 1.29 is 4.92 Å². The van der Waals surface area contributed by atoms with E-state index in [0.29, 0.717) is 0 Å². The van der Waals surface area contributed by atoms with Crippen molar-refractivity contribution in [3.63, 3.8) is 0 Å². The minimum Gasteiger partial charge on any atom is -0.258 e. The van der Waals surface area contributed by atoms with E-state index in [9.17, 15) is 10.1 Å². The molecular weight excluding hydrogens is 233 g/mol. The molecule has 0 saturated heterocycles. The highest BCUT2D eigenvalue weighted by Gasteiger charge is 2.18. The Labute approximate surface area is 89.2 Å². The van der Waals surface area contributed by atoms with Gasteiger partial charge in [-0.25, -0.2) is 0 Å². The highest BCUT2D eigenvalue weighted by atomic mass is 35.5. The van der Waals surface area contributed by atoms with Crippen molar-refractivity contribution in [2.75, 3.05) is 6.26 Å². The Balaban J connectivity index is 3.31. The minimum atomic E-state index is -0.589. The molecule has 0 aliphatic carbocycles. The van der Waals surface area contributed by atoms with Crippen LogP contribution in [0.15, 0.2) is 17.0 Å². The average Bonchev–Trinajstić information content (AvgIpc) is 2.02. The highest BCUT2D eigenvalue weighted by Crippen LogP contribution is 2.35. The fraction of sp³-hybridized carbons (Fsp3) is 0.143. The Kier molecular flexibility index (Phi) is 3.41. The third-order valence-corrected chi connectivity index (χ3v) is 2.69. The molecule has 0 saturated carbocycles. The topological polar surface area (TPSA) is 43.1 Å². The van der Waals surface area contributed by atoms with Crippen LogP contribution in [0.1, 0.15) is 0 Å². The molecule has 1 rings (SSSR count). The molecule has 0 aromatic heterocycles. The van der Waals surface area contributed by atoms with E-state index < -0.39 is 4.92 Å². The second kappa shape index (κ2) is 4.17. The fourth-order valence-corrected chi connectivity index (χ4v) is 2.06. The Morgan fingerprint density at radius 1 is 1.38 bits per heavy atom. The molecule has 0 aliphatic rings. The quantitative estimate of drug-likeness (QED) is 0.449. The van der Waals surface area contributed by atoms with Crippen LogP contribution in [-0.4, -0.2) is 11.2 Å². The molecule has 1 aromatic rings. The van der Waals surface area contributed by atoms with Crippen LogP contribution in [0.25, 0.3) is 0 Å². The van der Waals surface area contributed by atoms with Gasteiger partial charge in [0.15, 0.2) is 0 Å². The van der Waals surface area contributed by atoms with Gasteiger partial charge in [0.2, 0.25) is 0 Å². The monoisotopic (exact) mass is 237 g/mol. The van der Waals surface area contributed by atoms with Crippen molar-refractivity contribution in [1.82, 2.24) is 0 Å². The fourth-order valence-electron chi connectivity index (χ4n) is 0.835. The smallest absolute Gasteiger partial charge is 0.258 e. The first-order chi connectivity index (χ1) is 6.06. The summed E-state index contributed by atoms with van der Waals surface area (Å²) in [5, 5.41) is 10.6. The predicted octanol–water partition coefficient (Wildman–Crippen LogP) is 3.62. The number of hydrogen-bond acceptors (Lipinski definition) is 3. The van der Waals surface area contributed by atoms with E-state index in [1.165, 1.54) is 23.9 Å². The summed E-state index contributed by atoms with van der Waals surface area (Å²) in [6.07, 6.45) is 1.84. The summed E-state index contributed by atoms with van der Waals surface area (Å²) in [7, 11) is 0. The van der Waals surface area contributed by atoms with Crippen molar-refractivity contribution in [1.29, 1.82) is 0 Å². The molecule has 0 bridgehead atoms. The zero-order valence-corrected chi connectivity index (χ0v) is 8.91. The van der Waals surface area contributed by atoms with Gasteiger partial charge < -0.3 is 0 Å². The van der Waals surface area contributed by atoms with Crippen molar-refractivity contribution in [3.05, 3.63) is 32.3 Å². The molecule has 1 aromatic carbocycles. The molecule has 70 valence electrons. The molecule has 0 atom stereocenters. The molecule has 0 unspecified atom stereocenters. The SMILES string of the molecule is CSc1cc(Cl)c([N+](=O)[O-])c(Cl)c1. The number of thioether (sulfide) groups is 1. The standard InChI is InChI=1S/C7H5Cl2NO2S/c1-13-4-2-5(8)7(10(11)12)6(9)3-4/h2-3H,1H3. The molecule has 0 heterocycles. The highest BCUT2D eigenvalue weighted by molar-refractivity contribution is 7.98. The summed E-state index contributed by atoms with van der Waals surface area (Å²) in [5.74, 6) is 0. The summed E-state index contributed by atoms with van der Waals surface area (Å²) in [6.45, 7) is 0. The lowest BCUT2D eigenvalue weighted by Gasteiger charge is -2.00. The zero-order chi connectivity index (χ0) is 10.0. The van der Waals surface area contributed by atoms with Gasteiger partial charge in [0.05, 0.1) is 4.92 Å². The lowest BCUT2D eigenvalue weighted by molar-refractivity contribution is -0.384. The average molecular weight is 238 g/mol.